The van der Waals surface area contributed by atoms with E-state index in [4.69, 9.17) is 4.99 Å². The van der Waals surface area contributed by atoms with E-state index in [1.807, 2.05) is 85.1 Å². The van der Waals surface area contributed by atoms with Crippen molar-refractivity contribution >= 4 is 45.3 Å². The Morgan fingerprint density at radius 3 is 2.06 bits per heavy atom. The van der Waals surface area contributed by atoms with E-state index in [-0.39, 0.29) is 17.7 Å². The number of hydrogen-bond donors (Lipinski definition) is 0. The van der Waals surface area contributed by atoms with Gasteiger partial charge in [0, 0.05) is 16.6 Å². The van der Waals surface area contributed by atoms with E-state index in [1.54, 1.807) is 0 Å². The minimum atomic E-state index is -0.856. The van der Waals surface area contributed by atoms with E-state index in [0.29, 0.717) is 5.69 Å². The second-order valence-electron chi connectivity index (χ2n) is 9.61. The van der Waals surface area contributed by atoms with Crippen molar-refractivity contribution < 1.29 is 9.59 Å². The molecule has 4 aliphatic rings. The minimum absolute atomic E-state index is 0.134. The number of hydrogen-bond acceptors (Lipinski definition) is 3. The molecule has 1 aliphatic heterocycles. The summed E-state index contributed by atoms with van der Waals surface area (Å²) in [6, 6.07) is 33.6. The number of amides is 2. The van der Waals surface area contributed by atoms with Gasteiger partial charge in [-0.25, -0.2) is 4.90 Å². The standard InChI is InChI=1S/C31H21BrN2O2/c32-19-9-8-10-20(17-19)33-18-31-24-15-6-4-13-22(24)26(23-14-5-7-16-25(23)31)27-28(31)30(36)34(29(27)35)21-11-2-1-3-12-21/h1-18,26-28H/t26?,27-,28-,31?/m1/s1. The first kappa shape index (κ1) is 21.5. The molecule has 1 fully saturated rings. The van der Waals surface area contributed by atoms with E-state index in [1.165, 1.54) is 4.90 Å². The summed E-state index contributed by atoms with van der Waals surface area (Å²) in [5.74, 6) is -1.53. The third kappa shape index (κ3) is 2.78. The van der Waals surface area contributed by atoms with Gasteiger partial charge in [-0.2, -0.15) is 0 Å². The first-order chi connectivity index (χ1) is 17.6. The van der Waals surface area contributed by atoms with Gasteiger partial charge >= 0.3 is 0 Å². The van der Waals surface area contributed by atoms with Gasteiger partial charge in [-0.3, -0.25) is 14.6 Å². The first-order valence-electron chi connectivity index (χ1n) is 12.0. The number of aliphatic imine (C=N–C) groups is 1. The number of anilines is 1. The van der Waals surface area contributed by atoms with Crippen molar-refractivity contribution in [1.82, 2.24) is 0 Å². The van der Waals surface area contributed by atoms with E-state index in [0.717, 1.165) is 32.4 Å². The van der Waals surface area contributed by atoms with Crippen LogP contribution in [0, 0.1) is 11.8 Å². The third-order valence-corrected chi connectivity index (χ3v) is 8.42. The normalized spacial score (nSPS) is 25.7. The highest BCUT2D eigenvalue weighted by atomic mass is 79.9. The van der Waals surface area contributed by atoms with Crippen molar-refractivity contribution in [3.05, 3.63) is 130 Å². The molecule has 4 aromatic carbocycles. The fraction of sp³-hybridized carbons (Fsp3) is 0.129. The highest BCUT2D eigenvalue weighted by Crippen LogP contribution is 2.63. The molecule has 1 heterocycles. The maximum absolute atomic E-state index is 14.3. The number of carbonyl (C=O) groups is 2. The molecule has 8 rings (SSSR count). The third-order valence-electron chi connectivity index (χ3n) is 7.92. The first-order valence-corrected chi connectivity index (χ1v) is 12.8. The summed E-state index contributed by atoms with van der Waals surface area (Å²) >= 11 is 3.53. The topological polar surface area (TPSA) is 49.7 Å². The summed E-state index contributed by atoms with van der Waals surface area (Å²) < 4.78 is 0.933. The molecule has 0 N–H and O–H groups in total. The van der Waals surface area contributed by atoms with E-state index in [2.05, 4.69) is 40.2 Å². The number of imide groups is 1. The van der Waals surface area contributed by atoms with Gasteiger partial charge < -0.3 is 0 Å². The number of para-hydroxylation sites is 1. The van der Waals surface area contributed by atoms with Gasteiger partial charge in [-0.1, -0.05) is 88.7 Å². The molecule has 3 aliphatic carbocycles. The van der Waals surface area contributed by atoms with Crippen molar-refractivity contribution in [2.75, 3.05) is 4.90 Å². The maximum atomic E-state index is 14.3. The molecule has 4 nitrogen and oxygen atoms in total. The molecule has 1 saturated heterocycles. The summed E-state index contributed by atoms with van der Waals surface area (Å²) in [4.78, 5) is 34.7. The molecule has 2 atom stereocenters. The van der Waals surface area contributed by atoms with Crippen LogP contribution in [0.25, 0.3) is 0 Å². The van der Waals surface area contributed by atoms with Crippen molar-refractivity contribution in [2.24, 2.45) is 16.8 Å². The van der Waals surface area contributed by atoms with E-state index >= 15 is 0 Å². The predicted octanol–water partition coefficient (Wildman–Crippen LogP) is 6.40. The Morgan fingerprint density at radius 1 is 0.750 bits per heavy atom. The van der Waals surface area contributed by atoms with Crippen molar-refractivity contribution in [3.8, 4) is 0 Å². The molecular weight excluding hydrogens is 512 g/mol. The second-order valence-corrected chi connectivity index (χ2v) is 10.5. The highest BCUT2D eigenvalue weighted by Gasteiger charge is 2.67. The zero-order valence-corrected chi connectivity index (χ0v) is 20.8. The molecule has 36 heavy (non-hydrogen) atoms. The number of halogens is 1. The van der Waals surface area contributed by atoms with Gasteiger partial charge in [0.15, 0.2) is 0 Å². The van der Waals surface area contributed by atoms with Crippen molar-refractivity contribution in [1.29, 1.82) is 0 Å². The molecule has 2 amide bonds. The summed E-state index contributed by atoms with van der Waals surface area (Å²) in [6.45, 7) is 0. The summed E-state index contributed by atoms with van der Waals surface area (Å²) in [5, 5.41) is 0. The van der Waals surface area contributed by atoms with Crippen LogP contribution < -0.4 is 4.90 Å². The molecule has 174 valence electrons. The number of nitrogens with zero attached hydrogens (tertiary/aromatic N) is 2. The highest BCUT2D eigenvalue weighted by molar-refractivity contribution is 9.10. The Kier molecular flexibility index (Phi) is 4.67. The Morgan fingerprint density at radius 2 is 1.39 bits per heavy atom. The summed E-state index contributed by atoms with van der Waals surface area (Å²) in [5.41, 5.74) is 4.88. The Balaban J connectivity index is 1.52. The van der Waals surface area contributed by atoms with Crippen LogP contribution in [0.3, 0.4) is 0 Å². The largest absolute Gasteiger partial charge is 0.274 e. The molecule has 0 spiro atoms. The van der Waals surface area contributed by atoms with Crippen molar-refractivity contribution in [3.63, 3.8) is 0 Å². The number of rotatable bonds is 3. The Labute approximate surface area is 217 Å². The summed E-state index contributed by atoms with van der Waals surface area (Å²) in [7, 11) is 0. The van der Waals surface area contributed by atoms with Crippen LogP contribution in [0.5, 0.6) is 0 Å². The Bertz CT molecular complexity index is 1530. The minimum Gasteiger partial charge on any atom is -0.274 e. The summed E-state index contributed by atoms with van der Waals surface area (Å²) in [6.07, 6.45) is 1.93. The van der Waals surface area contributed by atoms with Crippen LogP contribution in [-0.4, -0.2) is 18.0 Å². The fourth-order valence-corrected chi connectivity index (χ4v) is 7.00. The average molecular weight is 533 g/mol. The predicted molar refractivity (Wildman–Crippen MR) is 144 cm³/mol. The smallest absolute Gasteiger partial charge is 0.239 e. The van der Waals surface area contributed by atoms with Gasteiger partial charge in [0.25, 0.3) is 0 Å². The molecule has 0 radical (unpaired) electrons. The van der Waals surface area contributed by atoms with Gasteiger partial charge in [0.2, 0.25) is 11.8 Å². The number of benzene rings is 4. The lowest BCUT2D eigenvalue weighted by molar-refractivity contribution is -0.122. The van der Waals surface area contributed by atoms with E-state index in [9.17, 15) is 9.59 Å². The van der Waals surface area contributed by atoms with Crippen LogP contribution in [-0.2, 0) is 15.0 Å². The van der Waals surface area contributed by atoms with Gasteiger partial charge in [-0.15, -0.1) is 0 Å². The van der Waals surface area contributed by atoms with Gasteiger partial charge in [0.1, 0.15) is 0 Å². The van der Waals surface area contributed by atoms with Gasteiger partial charge in [0.05, 0.1) is 28.6 Å². The van der Waals surface area contributed by atoms with Crippen LogP contribution >= 0.6 is 15.9 Å². The zero-order valence-electron chi connectivity index (χ0n) is 19.2. The molecule has 0 aromatic heterocycles. The molecule has 2 bridgehead atoms. The zero-order chi connectivity index (χ0) is 24.4. The molecule has 4 aromatic rings. The van der Waals surface area contributed by atoms with Gasteiger partial charge in [-0.05, 0) is 52.6 Å². The molecule has 0 unspecified atom stereocenters. The quantitative estimate of drug-likeness (QED) is 0.226. The fourth-order valence-electron chi connectivity index (χ4n) is 6.61. The molecule has 5 heteroatoms. The number of carbonyl (C=O) groups excluding carboxylic acids is 2. The molecule has 0 saturated carbocycles. The lowest BCUT2D eigenvalue weighted by Crippen LogP contribution is -2.54. The SMILES string of the molecule is O=C1[C@@H]2C3c4ccccc4C(C=Nc4cccc(Br)c4)(c4ccccc43)[C@H]2C(=O)N1c1ccccc1. The van der Waals surface area contributed by atoms with Crippen LogP contribution in [0.4, 0.5) is 11.4 Å². The Hall–Kier alpha value is -3.83. The average Bonchev–Trinajstić information content (AvgIpc) is 3.19. The monoisotopic (exact) mass is 532 g/mol. The van der Waals surface area contributed by atoms with Crippen LogP contribution in [0.1, 0.15) is 28.2 Å². The van der Waals surface area contributed by atoms with Crippen LogP contribution in [0.15, 0.2) is 113 Å². The second kappa shape index (κ2) is 7.84. The van der Waals surface area contributed by atoms with Crippen LogP contribution in [0.2, 0.25) is 0 Å². The maximum Gasteiger partial charge on any atom is 0.239 e. The van der Waals surface area contributed by atoms with Crippen molar-refractivity contribution in [2.45, 2.75) is 11.3 Å². The lowest BCUT2D eigenvalue weighted by Gasteiger charge is -2.52. The lowest BCUT2D eigenvalue weighted by atomic mass is 9.47. The van der Waals surface area contributed by atoms with E-state index < -0.39 is 17.3 Å². The molecular formula is C31H21BrN2O2.